The number of ether oxygens (including phenoxy) is 3. The number of methoxy groups -OCH3 is 3. The number of carbonyl (C=O) groups excluding carboxylic acids is 1. The summed E-state index contributed by atoms with van der Waals surface area (Å²) in [5.41, 5.74) is 5.39. The Morgan fingerprint density at radius 3 is 2.18 bits per heavy atom. The van der Waals surface area contributed by atoms with Crippen molar-refractivity contribution in [2.75, 3.05) is 71.8 Å². The third kappa shape index (κ3) is 7.14. The Bertz CT molecular complexity index is 2130. The zero-order valence-corrected chi connectivity index (χ0v) is 31.5. The molecule has 0 radical (unpaired) electrons. The lowest BCUT2D eigenvalue weighted by Gasteiger charge is -2.37. The van der Waals surface area contributed by atoms with Crippen LogP contribution in [0.1, 0.15) is 16.8 Å². The molecule has 0 aliphatic carbocycles. The molecule has 1 amide bonds. The van der Waals surface area contributed by atoms with Crippen molar-refractivity contribution in [3.63, 3.8) is 0 Å². The molecule has 1 fully saturated rings. The predicted octanol–water partition coefficient (Wildman–Crippen LogP) is 5.89. The molecule has 4 aromatic rings. The van der Waals surface area contributed by atoms with Gasteiger partial charge in [-0.3, -0.25) is 14.2 Å². The van der Waals surface area contributed by atoms with Gasteiger partial charge in [-0.05, 0) is 43.5 Å². The van der Waals surface area contributed by atoms with Gasteiger partial charge in [-0.25, -0.2) is 4.98 Å². The molecular formula is C35H39Cl2N7O6S. The number of aryl methyl sites for hydroxylation is 1. The largest absolute Gasteiger partial charge is 0.496 e. The Hall–Kier alpha value is -4.60. The van der Waals surface area contributed by atoms with Crippen molar-refractivity contribution in [2.24, 2.45) is 4.99 Å². The van der Waals surface area contributed by atoms with Crippen LogP contribution in [-0.2, 0) is 15.0 Å². The summed E-state index contributed by atoms with van der Waals surface area (Å²) in [6, 6.07) is 7.11. The smallest absolute Gasteiger partial charge is 0.281 e. The van der Waals surface area contributed by atoms with E-state index < -0.39 is 16.1 Å². The van der Waals surface area contributed by atoms with Crippen LogP contribution in [0.5, 0.6) is 17.2 Å². The summed E-state index contributed by atoms with van der Waals surface area (Å²) >= 11 is 13.6. The van der Waals surface area contributed by atoms with Crippen molar-refractivity contribution >= 4 is 74.8 Å². The van der Waals surface area contributed by atoms with Crippen LogP contribution in [0.2, 0.25) is 10.0 Å². The number of halogens is 2. The highest BCUT2D eigenvalue weighted by Gasteiger charge is 2.30. The average Bonchev–Trinajstić information content (AvgIpc) is 3.62. The maximum Gasteiger partial charge on any atom is 0.281 e. The SMILES string of the molecule is C=CC(=O)Nc1cc(/C(=C/c2c(C)cc(-c3c(Cl)c(OC)cc(OC)c3Cl)c3nccn23)N=C)c(OC)cc1N1CCN(S(=O)(=O)N(C)C)CC1. The number of pyridine rings is 1. The van der Waals surface area contributed by atoms with Crippen LogP contribution >= 0.6 is 23.2 Å². The van der Waals surface area contributed by atoms with E-state index in [-0.39, 0.29) is 13.1 Å². The monoisotopic (exact) mass is 755 g/mol. The van der Waals surface area contributed by atoms with Crippen molar-refractivity contribution in [1.29, 1.82) is 0 Å². The molecule has 0 saturated carbocycles. The number of imidazole rings is 1. The summed E-state index contributed by atoms with van der Waals surface area (Å²) in [6.45, 7) is 10.7. The second-order valence-electron chi connectivity index (χ2n) is 11.7. The fraction of sp³-hybridized carbons (Fsp3) is 0.286. The van der Waals surface area contributed by atoms with Gasteiger partial charge >= 0.3 is 0 Å². The van der Waals surface area contributed by atoms with E-state index in [1.54, 1.807) is 24.4 Å². The highest BCUT2D eigenvalue weighted by atomic mass is 35.5. The topological polar surface area (TPSA) is 130 Å². The van der Waals surface area contributed by atoms with E-state index in [9.17, 15) is 13.2 Å². The second-order valence-corrected chi connectivity index (χ2v) is 14.6. The average molecular weight is 757 g/mol. The van der Waals surface area contributed by atoms with Gasteiger partial charge in [-0.1, -0.05) is 29.8 Å². The molecule has 1 N–H and O–H groups in total. The first-order valence-corrected chi connectivity index (χ1v) is 17.8. The zero-order valence-electron chi connectivity index (χ0n) is 29.2. The van der Waals surface area contributed by atoms with E-state index >= 15 is 0 Å². The van der Waals surface area contributed by atoms with Gasteiger partial charge in [0.15, 0.2) is 0 Å². The van der Waals surface area contributed by atoms with Gasteiger partial charge in [-0.2, -0.15) is 17.0 Å². The molecule has 270 valence electrons. The van der Waals surface area contributed by atoms with E-state index in [0.29, 0.717) is 79.8 Å². The summed E-state index contributed by atoms with van der Waals surface area (Å²) in [5.74, 6) is 0.832. The normalized spacial score (nSPS) is 14.1. The van der Waals surface area contributed by atoms with Crippen LogP contribution in [0.25, 0.3) is 28.5 Å². The van der Waals surface area contributed by atoms with E-state index in [2.05, 4.69) is 28.6 Å². The van der Waals surface area contributed by atoms with E-state index in [1.807, 2.05) is 34.6 Å². The number of nitrogens with one attached hydrogen (secondary N) is 1. The molecule has 2 aromatic heterocycles. The Morgan fingerprint density at radius 2 is 1.63 bits per heavy atom. The molecular weight excluding hydrogens is 717 g/mol. The minimum absolute atomic E-state index is 0.258. The summed E-state index contributed by atoms with van der Waals surface area (Å²) in [5, 5.41) is 3.52. The number of aliphatic imine (C=N–C) groups is 1. The Morgan fingerprint density at radius 1 is 1.00 bits per heavy atom. The number of anilines is 2. The number of fused-ring (bicyclic) bond motifs is 1. The lowest BCUT2D eigenvalue weighted by Crippen LogP contribution is -2.51. The van der Waals surface area contributed by atoms with Gasteiger partial charge in [-0.15, -0.1) is 0 Å². The lowest BCUT2D eigenvalue weighted by atomic mass is 10.0. The van der Waals surface area contributed by atoms with Gasteiger partial charge in [0.25, 0.3) is 10.2 Å². The summed E-state index contributed by atoms with van der Waals surface area (Å²) in [4.78, 5) is 23.7. The second kappa shape index (κ2) is 15.3. The number of hydrogen-bond acceptors (Lipinski definition) is 9. The maximum atomic E-state index is 12.7. The predicted molar refractivity (Wildman–Crippen MR) is 204 cm³/mol. The van der Waals surface area contributed by atoms with E-state index in [0.717, 1.165) is 11.3 Å². The minimum atomic E-state index is -3.57. The molecule has 3 heterocycles. The Labute approximate surface area is 307 Å². The van der Waals surface area contributed by atoms with Crippen LogP contribution in [0.3, 0.4) is 0 Å². The minimum Gasteiger partial charge on any atom is -0.496 e. The quantitative estimate of drug-likeness (QED) is 0.140. The molecule has 2 aromatic carbocycles. The molecule has 1 aliphatic heterocycles. The van der Waals surface area contributed by atoms with Gasteiger partial charge in [0.2, 0.25) is 5.91 Å². The van der Waals surface area contributed by atoms with E-state index in [1.165, 1.54) is 50.1 Å². The zero-order chi connectivity index (χ0) is 37.2. The first kappa shape index (κ1) is 37.7. The molecule has 1 aliphatic rings. The van der Waals surface area contributed by atoms with Crippen molar-refractivity contribution in [1.82, 2.24) is 18.0 Å². The number of hydrogen-bond donors (Lipinski definition) is 1. The number of carbonyl (C=O) groups is 1. The molecule has 0 spiro atoms. The number of aromatic nitrogens is 2. The third-order valence-corrected chi connectivity index (χ3v) is 11.3. The van der Waals surface area contributed by atoms with Gasteiger partial charge in [0.1, 0.15) is 22.9 Å². The van der Waals surface area contributed by atoms with Crippen LogP contribution < -0.4 is 24.4 Å². The molecule has 16 heteroatoms. The fourth-order valence-electron chi connectivity index (χ4n) is 5.94. The number of rotatable bonds is 12. The first-order valence-electron chi connectivity index (χ1n) is 15.6. The molecule has 5 rings (SSSR count). The molecule has 13 nitrogen and oxygen atoms in total. The fourth-order valence-corrected chi connectivity index (χ4v) is 7.73. The first-order chi connectivity index (χ1) is 24.3. The Balaban J connectivity index is 1.63. The highest BCUT2D eigenvalue weighted by Crippen LogP contribution is 2.47. The lowest BCUT2D eigenvalue weighted by molar-refractivity contribution is -0.111. The van der Waals surface area contributed by atoms with Gasteiger partial charge < -0.3 is 24.4 Å². The number of piperazine rings is 1. The summed E-state index contributed by atoms with van der Waals surface area (Å²) in [6.07, 6.45) is 6.49. The summed E-state index contributed by atoms with van der Waals surface area (Å²) in [7, 11) is 4.00. The molecule has 1 saturated heterocycles. The summed E-state index contributed by atoms with van der Waals surface area (Å²) < 4.78 is 46.9. The number of benzene rings is 2. The van der Waals surface area contributed by atoms with Crippen LogP contribution in [0, 0.1) is 6.92 Å². The van der Waals surface area contributed by atoms with Crippen molar-refractivity contribution in [3.05, 3.63) is 76.2 Å². The molecule has 0 unspecified atom stereocenters. The van der Waals surface area contributed by atoms with Crippen molar-refractivity contribution < 1.29 is 27.4 Å². The third-order valence-electron chi connectivity index (χ3n) is 8.60. The van der Waals surface area contributed by atoms with Gasteiger partial charge in [0.05, 0.1) is 54.1 Å². The van der Waals surface area contributed by atoms with E-state index in [4.69, 9.17) is 37.4 Å². The maximum absolute atomic E-state index is 12.7. The molecule has 51 heavy (non-hydrogen) atoms. The molecule has 0 atom stereocenters. The molecule has 0 bridgehead atoms. The van der Waals surface area contributed by atoms with Crippen molar-refractivity contribution in [3.8, 4) is 28.4 Å². The number of amides is 1. The van der Waals surface area contributed by atoms with Crippen LogP contribution in [0.4, 0.5) is 11.4 Å². The standard InChI is InChI=1S/C35H39Cl2N7O6S/c1-9-31(45)40-25-17-22(28(48-6)19-27(25)42-12-14-43(15-13-42)51(46,47)41(4)5)24(38-3)18-26-21(2)16-23(35-39-10-11-44(26)35)32-33(36)29(49-7)20-30(50-8)34(32)37/h9-11,16-20H,1,3,12-15H2,2,4-8H3,(H,40,45)/b24-18-. The van der Waals surface area contributed by atoms with Crippen molar-refractivity contribution in [2.45, 2.75) is 6.92 Å². The van der Waals surface area contributed by atoms with Crippen LogP contribution in [-0.4, -0.2) is 101 Å². The van der Waals surface area contributed by atoms with Gasteiger partial charge in [0, 0.05) is 81.5 Å². The van der Waals surface area contributed by atoms with Crippen LogP contribution in [0.15, 0.2) is 54.3 Å². The highest BCUT2D eigenvalue weighted by molar-refractivity contribution is 7.86. The Kier molecular flexibility index (Phi) is 11.3. The number of nitrogens with zero attached hydrogens (tertiary/aromatic N) is 6.